The first-order valence-electron chi connectivity index (χ1n) is 3.61. The lowest BCUT2D eigenvalue weighted by Gasteiger charge is -1.94. The molecule has 3 nitrogen and oxygen atoms in total. The normalized spacial score (nSPS) is 10.2. The van der Waals surface area contributed by atoms with Gasteiger partial charge in [0.2, 0.25) is 5.95 Å². The largest absolute Gasteiger partial charge is 0.367 e. The molecule has 0 atom stereocenters. The van der Waals surface area contributed by atoms with E-state index in [0.29, 0.717) is 5.95 Å². The molecule has 0 saturated carbocycles. The molecule has 0 bridgehead atoms. The molecule has 2 rings (SSSR count). The van der Waals surface area contributed by atoms with E-state index in [4.69, 9.17) is 5.73 Å². The van der Waals surface area contributed by atoms with Crippen molar-refractivity contribution < 1.29 is 0 Å². The maximum absolute atomic E-state index is 5.43. The summed E-state index contributed by atoms with van der Waals surface area (Å²) < 4.78 is 4.94. The quantitative estimate of drug-likeness (QED) is 0.853. The van der Waals surface area contributed by atoms with Gasteiger partial charge in [0.05, 0.1) is 0 Å². The minimum atomic E-state index is 0.333. The van der Waals surface area contributed by atoms with Crippen LogP contribution >= 0.6 is 27.5 Å². The van der Waals surface area contributed by atoms with Gasteiger partial charge in [-0.15, -0.1) is 0 Å². The van der Waals surface area contributed by atoms with Gasteiger partial charge >= 0.3 is 0 Å². The van der Waals surface area contributed by atoms with Gasteiger partial charge in [-0.25, -0.2) is 0 Å². The minimum Gasteiger partial charge on any atom is -0.367 e. The van der Waals surface area contributed by atoms with Gasteiger partial charge in [0.15, 0.2) is 0 Å². The second-order valence-electron chi connectivity index (χ2n) is 2.47. The van der Waals surface area contributed by atoms with E-state index in [-0.39, 0.29) is 0 Å². The molecule has 13 heavy (non-hydrogen) atoms. The molecule has 0 amide bonds. The number of rotatable bonds is 1. The first kappa shape index (κ1) is 8.65. The summed E-state index contributed by atoms with van der Waals surface area (Å²) in [6.45, 7) is 0. The molecule has 1 heterocycles. The highest BCUT2D eigenvalue weighted by Crippen LogP contribution is 2.24. The van der Waals surface area contributed by atoms with Crippen LogP contribution in [0.5, 0.6) is 0 Å². The maximum Gasteiger partial charge on any atom is 0.232 e. The summed E-state index contributed by atoms with van der Waals surface area (Å²) in [6, 6.07) is 7.88. The predicted molar refractivity (Wildman–Crippen MR) is 57.5 cm³/mol. The zero-order valence-electron chi connectivity index (χ0n) is 6.57. The summed E-state index contributed by atoms with van der Waals surface area (Å²) in [7, 11) is 0. The van der Waals surface area contributed by atoms with Crippen molar-refractivity contribution >= 4 is 33.4 Å². The molecule has 0 aliphatic rings. The zero-order valence-corrected chi connectivity index (χ0v) is 8.97. The Morgan fingerprint density at radius 2 is 2.23 bits per heavy atom. The molecule has 2 N–H and O–H groups in total. The molecule has 0 radical (unpaired) electrons. The van der Waals surface area contributed by atoms with Crippen LogP contribution in [0.25, 0.3) is 10.6 Å². The lowest BCUT2D eigenvalue weighted by Crippen LogP contribution is -1.85. The topological polar surface area (TPSA) is 51.8 Å². The molecule has 0 aliphatic heterocycles. The smallest absolute Gasteiger partial charge is 0.232 e. The molecule has 0 aliphatic carbocycles. The lowest BCUT2D eigenvalue weighted by molar-refractivity contribution is 1.34. The number of nitrogens with zero attached hydrogens (tertiary/aromatic N) is 2. The number of hydrogen-bond donors (Lipinski definition) is 1. The average Bonchev–Trinajstić information content (AvgIpc) is 2.52. The monoisotopic (exact) mass is 255 g/mol. The van der Waals surface area contributed by atoms with Gasteiger partial charge in [-0.2, -0.15) is 9.36 Å². The maximum atomic E-state index is 5.43. The fourth-order valence-electron chi connectivity index (χ4n) is 0.974. The Morgan fingerprint density at radius 3 is 2.85 bits per heavy atom. The van der Waals surface area contributed by atoms with Gasteiger partial charge in [-0.1, -0.05) is 28.1 Å². The fraction of sp³-hybridized carbons (Fsp3) is 0. The summed E-state index contributed by atoms with van der Waals surface area (Å²) >= 11 is 4.70. The Hall–Kier alpha value is -0.940. The second-order valence-corrected chi connectivity index (χ2v) is 4.14. The molecule has 1 aromatic heterocycles. The molecule has 0 spiro atoms. The molecule has 1 aromatic carbocycles. The van der Waals surface area contributed by atoms with Crippen molar-refractivity contribution in [2.75, 3.05) is 5.73 Å². The Labute approximate surface area is 87.9 Å². The summed E-state index contributed by atoms with van der Waals surface area (Å²) in [5.41, 5.74) is 6.46. The van der Waals surface area contributed by atoms with Crippen molar-refractivity contribution in [3.05, 3.63) is 28.7 Å². The van der Waals surface area contributed by atoms with Crippen LogP contribution in [-0.4, -0.2) is 9.36 Å². The highest BCUT2D eigenvalue weighted by Gasteiger charge is 2.03. The molecule has 0 fully saturated rings. The fourth-order valence-corrected chi connectivity index (χ4v) is 1.96. The summed E-state index contributed by atoms with van der Waals surface area (Å²) in [4.78, 5) is 4.09. The van der Waals surface area contributed by atoms with Crippen LogP contribution in [0.2, 0.25) is 0 Å². The number of hydrogen-bond acceptors (Lipinski definition) is 4. The predicted octanol–water partition coefficient (Wildman–Crippen LogP) is 2.55. The van der Waals surface area contributed by atoms with Gasteiger partial charge in [0, 0.05) is 10.0 Å². The van der Waals surface area contributed by atoms with Crippen molar-refractivity contribution in [2.45, 2.75) is 0 Å². The summed E-state index contributed by atoms with van der Waals surface area (Å²) in [5, 5.41) is 0.846. The Morgan fingerprint density at radius 1 is 1.38 bits per heavy atom. The molecule has 66 valence electrons. The number of aromatic nitrogens is 2. The van der Waals surface area contributed by atoms with Crippen LogP contribution in [-0.2, 0) is 0 Å². The number of halogens is 1. The summed E-state index contributed by atoms with van der Waals surface area (Å²) in [6.07, 6.45) is 0. The third kappa shape index (κ3) is 1.87. The molecular weight excluding hydrogens is 250 g/mol. The van der Waals surface area contributed by atoms with E-state index < -0.39 is 0 Å². The van der Waals surface area contributed by atoms with Crippen LogP contribution in [0.15, 0.2) is 28.7 Å². The lowest BCUT2D eigenvalue weighted by atomic mass is 10.2. The van der Waals surface area contributed by atoms with Crippen molar-refractivity contribution in [1.82, 2.24) is 9.36 Å². The van der Waals surface area contributed by atoms with Crippen LogP contribution in [0.4, 0.5) is 5.95 Å². The van der Waals surface area contributed by atoms with Crippen molar-refractivity contribution in [3.8, 4) is 10.6 Å². The van der Waals surface area contributed by atoms with Gasteiger partial charge in [-0.05, 0) is 23.7 Å². The SMILES string of the molecule is Nc1nsc(-c2cccc(Br)c2)n1. The molecular formula is C8H6BrN3S. The Bertz CT molecular complexity index is 427. The first-order valence-corrected chi connectivity index (χ1v) is 5.17. The van der Waals surface area contributed by atoms with Crippen LogP contribution in [0, 0.1) is 0 Å². The highest BCUT2D eigenvalue weighted by atomic mass is 79.9. The van der Waals surface area contributed by atoms with Gasteiger partial charge < -0.3 is 5.73 Å². The van der Waals surface area contributed by atoms with Crippen molar-refractivity contribution in [3.63, 3.8) is 0 Å². The van der Waals surface area contributed by atoms with E-state index >= 15 is 0 Å². The first-order chi connectivity index (χ1) is 6.25. The van der Waals surface area contributed by atoms with E-state index in [1.165, 1.54) is 11.5 Å². The Kier molecular flexibility index (Phi) is 2.28. The third-order valence-corrected chi connectivity index (χ3v) is 2.78. The third-order valence-electron chi connectivity index (χ3n) is 1.51. The number of benzene rings is 1. The minimum absolute atomic E-state index is 0.333. The van der Waals surface area contributed by atoms with Gasteiger partial charge in [0.1, 0.15) is 5.01 Å². The molecule has 2 aromatic rings. The number of nitrogen functional groups attached to an aromatic ring is 1. The van der Waals surface area contributed by atoms with Crippen LogP contribution < -0.4 is 5.73 Å². The van der Waals surface area contributed by atoms with E-state index in [1.807, 2.05) is 24.3 Å². The molecule has 0 unspecified atom stereocenters. The average molecular weight is 256 g/mol. The van der Waals surface area contributed by atoms with Gasteiger partial charge in [0.25, 0.3) is 0 Å². The van der Waals surface area contributed by atoms with E-state index in [1.54, 1.807) is 0 Å². The van der Waals surface area contributed by atoms with Crippen molar-refractivity contribution in [1.29, 1.82) is 0 Å². The summed E-state index contributed by atoms with van der Waals surface area (Å²) in [5.74, 6) is 0.333. The molecule has 0 saturated heterocycles. The van der Waals surface area contributed by atoms with Crippen LogP contribution in [0.3, 0.4) is 0 Å². The number of nitrogens with two attached hydrogens (primary N) is 1. The zero-order chi connectivity index (χ0) is 9.26. The molecule has 5 heteroatoms. The van der Waals surface area contributed by atoms with Gasteiger partial charge in [-0.3, -0.25) is 0 Å². The second kappa shape index (κ2) is 3.43. The number of anilines is 1. The van der Waals surface area contributed by atoms with Crippen molar-refractivity contribution in [2.24, 2.45) is 0 Å². The highest BCUT2D eigenvalue weighted by molar-refractivity contribution is 9.10. The van der Waals surface area contributed by atoms with E-state index in [2.05, 4.69) is 25.3 Å². The van der Waals surface area contributed by atoms with E-state index in [9.17, 15) is 0 Å². The Balaban J connectivity index is 2.46. The standard InChI is InChI=1S/C8H6BrN3S/c9-6-3-1-2-5(4-6)7-11-8(10)12-13-7/h1-4H,(H2,10,12). The van der Waals surface area contributed by atoms with E-state index in [0.717, 1.165) is 15.0 Å². The van der Waals surface area contributed by atoms with Crippen LogP contribution in [0.1, 0.15) is 0 Å².